The zero-order valence-electron chi connectivity index (χ0n) is 28.5. The highest BCUT2D eigenvalue weighted by atomic mass is 16.7. The van der Waals surface area contributed by atoms with Gasteiger partial charge < -0.3 is 44.5 Å². The molecule has 4 amide bonds. The Bertz CT molecular complexity index is 1600. The molecule has 4 atom stereocenters. The highest BCUT2D eigenvalue weighted by molar-refractivity contribution is 6.05. The number of nitrogens with one attached hydrogen (secondary N) is 2. The fourth-order valence-corrected chi connectivity index (χ4v) is 5.80. The SMILES string of the molecule is C[C@@H]1CCCCO[C@H](CN(C)C(=O)Nc2ccc3c(c2)OCO3)[C@H](C)CN([C@@H](C)CO)C(=O)c2cc(NC(=O)c3ccccc3)ccc2O1. The highest BCUT2D eigenvalue weighted by Crippen LogP contribution is 2.34. The normalized spacial score (nSPS) is 20.3. The van der Waals surface area contributed by atoms with Crippen LogP contribution in [0.2, 0.25) is 0 Å². The van der Waals surface area contributed by atoms with E-state index in [1.54, 1.807) is 84.4 Å². The number of benzene rings is 3. The van der Waals surface area contributed by atoms with E-state index < -0.39 is 12.1 Å². The van der Waals surface area contributed by atoms with Crippen LogP contribution in [0.4, 0.5) is 16.2 Å². The van der Waals surface area contributed by atoms with Gasteiger partial charge in [-0.1, -0.05) is 25.1 Å². The summed E-state index contributed by atoms with van der Waals surface area (Å²) >= 11 is 0. The minimum Gasteiger partial charge on any atom is -0.490 e. The number of aliphatic hydroxyl groups excluding tert-OH is 1. The summed E-state index contributed by atoms with van der Waals surface area (Å²) in [6, 6.07) is 18.2. The molecule has 0 bridgehead atoms. The Morgan fingerprint density at radius 2 is 1.67 bits per heavy atom. The van der Waals surface area contributed by atoms with Crippen molar-refractivity contribution in [2.75, 3.05) is 50.8 Å². The summed E-state index contributed by atoms with van der Waals surface area (Å²) in [6.07, 6.45) is 1.75. The molecule has 2 aliphatic rings. The van der Waals surface area contributed by atoms with Crippen molar-refractivity contribution < 1.29 is 38.4 Å². The molecular weight excluding hydrogens is 628 g/mol. The maximum atomic E-state index is 14.4. The van der Waals surface area contributed by atoms with E-state index in [2.05, 4.69) is 10.6 Å². The first-order valence-corrected chi connectivity index (χ1v) is 16.7. The van der Waals surface area contributed by atoms with Crippen molar-refractivity contribution in [1.29, 1.82) is 0 Å². The molecule has 0 aromatic heterocycles. The Morgan fingerprint density at radius 3 is 2.43 bits per heavy atom. The van der Waals surface area contributed by atoms with Crippen molar-refractivity contribution in [3.05, 3.63) is 77.9 Å². The smallest absolute Gasteiger partial charge is 0.321 e. The first-order valence-electron chi connectivity index (χ1n) is 16.7. The first-order chi connectivity index (χ1) is 23.6. The number of urea groups is 1. The molecule has 0 spiro atoms. The molecule has 2 aliphatic heterocycles. The van der Waals surface area contributed by atoms with Crippen molar-refractivity contribution in [2.24, 2.45) is 5.92 Å². The number of fused-ring (bicyclic) bond motifs is 2. The van der Waals surface area contributed by atoms with Crippen molar-refractivity contribution in [3.63, 3.8) is 0 Å². The van der Waals surface area contributed by atoms with Crippen molar-refractivity contribution >= 4 is 29.2 Å². The largest absolute Gasteiger partial charge is 0.490 e. The van der Waals surface area contributed by atoms with Crippen LogP contribution in [0, 0.1) is 5.92 Å². The van der Waals surface area contributed by atoms with Gasteiger partial charge in [-0.25, -0.2) is 4.79 Å². The molecule has 5 rings (SSSR count). The van der Waals surface area contributed by atoms with Crippen LogP contribution in [0.3, 0.4) is 0 Å². The Morgan fingerprint density at radius 1 is 0.959 bits per heavy atom. The predicted molar refractivity (Wildman–Crippen MR) is 185 cm³/mol. The number of hydrogen-bond donors (Lipinski definition) is 3. The van der Waals surface area contributed by atoms with Gasteiger partial charge >= 0.3 is 6.03 Å². The average Bonchev–Trinajstić information content (AvgIpc) is 3.58. The monoisotopic (exact) mass is 674 g/mol. The van der Waals surface area contributed by atoms with Crippen LogP contribution < -0.4 is 24.8 Å². The van der Waals surface area contributed by atoms with Gasteiger partial charge in [0, 0.05) is 55.7 Å². The van der Waals surface area contributed by atoms with E-state index >= 15 is 0 Å². The second-order valence-corrected chi connectivity index (χ2v) is 12.7. The third kappa shape index (κ3) is 9.21. The molecule has 0 fully saturated rings. The molecule has 3 aromatic rings. The molecule has 12 nitrogen and oxygen atoms in total. The molecule has 0 unspecified atom stereocenters. The van der Waals surface area contributed by atoms with Crippen LogP contribution in [0.5, 0.6) is 17.2 Å². The Balaban J connectivity index is 1.36. The summed E-state index contributed by atoms with van der Waals surface area (Å²) in [4.78, 5) is 43.7. The maximum Gasteiger partial charge on any atom is 0.321 e. The van der Waals surface area contributed by atoms with E-state index in [9.17, 15) is 19.5 Å². The number of carbonyl (C=O) groups excluding carboxylic acids is 3. The first kappa shape index (κ1) is 35.5. The lowest BCUT2D eigenvalue weighted by atomic mass is 10.0. The summed E-state index contributed by atoms with van der Waals surface area (Å²) < 4.78 is 23.5. The zero-order valence-corrected chi connectivity index (χ0v) is 28.5. The lowest BCUT2D eigenvalue weighted by Gasteiger charge is -2.35. The van der Waals surface area contributed by atoms with Crippen molar-refractivity contribution in [3.8, 4) is 17.2 Å². The summed E-state index contributed by atoms with van der Waals surface area (Å²) in [5, 5.41) is 16.0. The van der Waals surface area contributed by atoms with E-state index in [-0.39, 0.29) is 61.9 Å². The van der Waals surface area contributed by atoms with Crippen LogP contribution >= 0.6 is 0 Å². The van der Waals surface area contributed by atoms with Crippen LogP contribution in [0.15, 0.2) is 66.7 Å². The molecule has 49 heavy (non-hydrogen) atoms. The number of carbonyl (C=O) groups is 3. The van der Waals surface area contributed by atoms with Gasteiger partial charge in [-0.15, -0.1) is 0 Å². The summed E-state index contributed by atoms with van der Waals surface area (Å²) in [5.41, 5.74) is 1.78. The lowest BCUT2D eigenvalue weighted by Crippen LogP contribution is -2.48. The Hall–Kier alpha value is -4.81. The van der Waals surface area contributed by atoms with Crippen LogP contribution in [0.25, 0.3) is 0 Å². The van der Waals surface area contributed by atoms with Gasteiger partial charge in [-0.3, -0.25) is 9.59 Å². The number of likely N-dealkylation sites (N-methyl/N-ethyl adjacent to an activating group) is 1. The molecule has 0 aliphatic carbocycles. The number of aliphatic hydroxyl groups is 1. The van der Waals surface area contributed by atoms with Gasteiger partial charge in [-0.2, -0.15) is 0 Å². The second kappa shape index (κ2) is 16.5. The molecule has 0 saturated heterocycles. The Labute approximate surface area is 287 Å². The number of rotatable bonds is 7. The van der Waals surface area contributed by atoms with E-state index in [1.165, 1.54) is 0 Å². The van der Waals surface area contributed by atoms with Gasteiger partial charge in [0.15, 0.2) is 11.5 Å². The molecule has 0 saturated carbocycles. The second-order valence-electron chi connectivity index (χ2n) is 12.7. The van der Waals surface area contributed by atoms with Gasteiger partial charge in [0.05, 0.1) is 30.4 Å². The average molecular weight is 675 g/mol. The number of ether oxygens (including phenoxy) is 4. The highest BCUT2D eigenvalue weighted by Gasteiger charge is 2.31. The van der Waals surface area contributed by atoms with E-state index in [1.807, 2.05) is 19.9 Å². The fourth-order valence-electron chi connectivity index (χ4n) is 5.80. The molecule has 0 radical (unpaired) electrons. The van der Waals surface area contributed by atoms with Crippen LogP contribution in [-0.2, 0) is 4.74 Å². The van der Waals surface area contributed by atoms with Crippen LogP contribution in [-0.4, -0.2) is 91.1 Å². The minimum absolute atomic E-state index is 0.140. The molecule has 2 heterocycles. The molecule has 3 aromatic carbocycles. The number of hydrogen-bond acceptors (Lipinski definition) is 8. The van der Waals surface area contributed by atoms with Gasteiger partial charge in [0.2, 0.25) is 6.79 Å². The summed E-state index contributed by atoms with van der Waals surface area (Å²) in [6.45, 7) is 6.56. The number of nitrogens with zero attached hydrogens (tertiary/aromatic N) is 2. The number of anilines is 2. The van der Waals surface area contributed by atoms with Gasteiger partial charge in [0.1, 0.15) is 5.75 Å². The van der Waals surface area contributed by atoms with E-state index in [0.717, 1.165) is 19.3 Å². The van der Waals surface area contributed by atoms with E-state index in [4.69, 9.17) is 18.9 Å². The Kier molecular flexibility index (Phi) is 12.0. The van der Waals surface area contributed by atoms with Crippen molar-refractivity contribution in [2.45, 2.75) is 58.3 Å². The summed E-state index contributed by atoms with van der Waals surface area (Å²) in [5.74, 6) is 0.716. The quantitative estimate of drug-likeness (QED) is 0.293. The topological polar surface area (TPSA) is 139 Å². The molecule has 12 heteroatoms. The standard InChI is InChI=1S/C37H46N4O8/c1-24-20-41(25(2)22-42)36(44)30-18-28(38-35(43)27-11-6-5-7-12-27)13-15-31(30)49-26(3)10-8-9-17-46-34(24)21-40(4)37(45)39-29-14-16-32-33(19-29)48-23-47-32/h5-7,11-16,18-19,24-26,34,42H,8-10,17,20-23H2,1-4H3,(H,38,43)(H,39,45)/t24-,25+,26-,34-/m1/s1. The third-order valence-corrected chi connectivity index (χ3v) is 8.77. The van der Waals surface area contributed by atoms with Crippen molar-refractivity contribution in [1.82, 2.24) is 9.80 Å². The van der Waals surface area contributed by atoms with Crippen LogP contribution in [0.1, 0.15) is 60.7 Å². The molecular formula is C37H46N4O8. The van der Waals surface area contributed by atoms with E-state index in [0.29, 0.717) is 40.8 Å². The summed E-state index contributed by atoms with van der Waals surface area (Å²) in [7, 11) is 1.70. The number of amides is 4. The minimum atomic E-state index is -0.539. The fraction of sp³-hybridized carbons (Fsp3) is 0.432. The van der Waals surface area contributed by atoms with Gasteiger partial charge in [-0.05, 0) is 75.6 Å². The maximum absolute atomic E-state index is 14.4. The third-order valence-electron chi connectivity index (χ3n) is 8.77. The predicted octanol–water partition coefficient (Wildman–Crippen LogP) is 5.63. The molecule has 3 N–H and O–H groups in total. The molecule has 262 valence electrons. The van der Waals surface area contributed by atoms with Gasteiger partial charge in [0.25, 0.3) is 11.8 Å². The zero-order chi connectivity index (χ0) is 34.9. The lowest BCUT2D eigenvalue weighted by molar-refractivity contribution is -0.0115.